The van der Waals surface area contributed by atoms with Gasteiger partial charge in [0.25, 0.3) is 5.91 Å². The quantitative estimate of drug-likeness (QED) is 0.696. The summed E-state index contributed by atoms with van der Waals surface area (Å²) in [5, 5.41) is 9.44. The topological polar surface area (TPSA) is 83.6 Å². The Labute approximate surface area is 103 Å². The highest BCUT2D eigenvalue weighted by Gasteiger charge is 2.49. The van der Waals surface area contributed by atoms with Gasteiger partial charge in [0.1, 0.15) is 0 Å². The number of benzene rings is 1. The molecule has 1 aromatic carbocycles. The second-order valence-electron chi connectivity index (χ2n) is 4.37. The second-order valence-corrected chi connectivity index (χ2v) is 4.78. The molecular formula is C11H11ClN2O3. The minimum atomic E-state index is -1.31. The van der Waals surface area contributed by atoms with Crippen molar-refractivity contribution < 1.29 is 14.7 Å². The number of hydrogen-bond donors (Lipinski definition) is 2. The van der Waals surface area contributed by atoms with E-state index in [9.17, 15) is 9.59 Å². The molecule has 1 aliphatic rings. The lowest BCUT2D eigenvalue weighted by Gasteiger charge is -2.28. The van der Waals surface area contributed by atoms with Crippen LogP contribution in [0.2, 0.25) is 5.02 Å². The predicted molar refractivity (Wildman–Crippen MR) is 63.1 cm³/mol. The molecule has 6 heteroatoms. The molecule has 2 rings (SSSR count). The van der Waals surface area contributed by atoms with E-state index in [2.05, 4.69) is 0 Å². The molecule has 0 saturated carbocycles. The van der Waals surface area contributed by atoms with E-state index in [1.807, 2.05) is 0 Å². The van der Waals surface area contributed by atoms with Crippen molar-refractivity contribution in [1.82, 2.24) is 4.90 Å². The van der Waals surface area contributed by atoms with Gasteiger partial charge in [-0.3, -0.25) is 4.79 Å². The molecule has 5 nitrogen and oxygen atoms in total. The van der Waals surface area contributed by atoms with E-state index in [0.717, 1.165) is 4.90 Å². The van der Waals surface area contributed by atoms with Gasteiger partial charge in [-0.15, -0.1) is 0 Å². The van der Waals surface area contributed by atoms with Crippen LogP contribution in [0.3, 0.4) is 0 Å². The second kappa shape index (κ2) is 3.37. The summed E-state index contributed by atoms with van der Waals surface area (Å²) >= 11 is 6.03. The summed E-state index contributed by atoms with van der Waals surface area (Å²) in [4.78, 5) is 23.9. The summed E-state index contributed by atoms with van der Waals surface area (Å²) in [7, 11) is 0. The van der Waals surface area contributed by atoms with Gasteiger partial charge in [-0.05, 0) is 26.0 Å². The van der Waals surface area contributed by atoms with Crippen LogP contribution in [0.4, 0.5) is 10.5 Å². The summed E-state index contributed by atoms with van der Waals surface area (Å²) in [5.41, 5.74) is 5.60. The fourth-order valence-electron chi connectivity index (χ4n) is 2.23. The molecule has 0 unspecified atom stereocenters. The van der Waals surface area contributed by atoms with Crippen LogP contribution in [-0.4, -0.2) is 22.0 Å². The van der Waals surface area contributed by atoms with Crippen LogP contribution in [0.5, 0.6) is 0 Å². The van der Waals surface area contributed by atoms with Gasteiger partial charge in [-0.2, -0.15) is 0 Å². The zero-order chi connectivity index (χ0) is 13.0. The third kappa shape index (κ3) is 1.39. The molecule has 0 radical (unpaired) electrons. The zero-order valence-electron chi connectivity index (χ0n) is 9.32. The highest BCUT2D eigenvalue weighted by atomic mass is 35.5. The van der Waals surface area contributed by atoms with Crippen molar-refractivity contribution in [3.8, 4) is 0 Å². The monoisotopic (exact) mass is 254 g/mol. The smallest absolute Gasteiger partial charge is 0.415 e. The lowest BCUT2D eigenvalue weighted by Crippen LogP contribution is -2.42. The van der Waals surface area contributed by atoms with Gasteiger partial charge < -0.3 is 10.8 Å². The maximum Gasteiger partial charge on any atom is 0.415 e. The van der Waals surface area contributed by atoms with Crippen LogP contribution >= 0.6 is 11.6 Å². The number of anilines is 1. The van der Waals surface area contributed by atoms with Gasteiger partial charge in [-0.1, -0.05) is 11.6 Å². The highest BCUT2D eigenvalue weighted by Crippen LogP contribution is 2.44. The number of amides is 2. The highest BCUT2D eigenvalue weighted by molar-refractivity contribution is 6.33. The Morgan fingerprint density at radius 2 is 2.06 bits per heavy atom. The van der Waals surface area contributed by atoms with Crippen molar-refractivity contribution in [2.45, 2.75) is 19.4 Å². The summed E-state index contributed by atoms with van der Waals surface area (Å²) in [6.45, 7) is 3.24. The van der Waals surface area contributed by atoms with E-state index in [0.29, 0.717) is 10.6 Å². The summed E-state index contributed by atoms with van der Waals surface area (Å²) in [6, 6.07) is 3.07. The van der Waals surface area contributed by atoms with Crippen LogP contribution in [0.25, 0.3) is 0 Å². The Morgan fingerprint density at radius 3 is 2.53 bits per heavy atom. The van der Waals surface area contributed by atoms with Crippen molar-refractivity contribution >= 4 is 29.3 Å². The SMILES string of the molecule is CC1(C)c2c(Cl)ccc(N)c2C(=O)N1C(=O)O. The number of carbonyl (C=O) groups is 2. The fourth-order valence-corrected chi connectivity index (χ4v) is 2.61. The first-order valence-electron chi connectivity index (χ1n) is 4.94. The molecule has 17 heavy (non-hydrogen) atoms. The Hall–Kier alpha value is -1.75. The largest absolute Gasteiger partial charge is 0.465 e. The number of carboxylic acid groups (broad SMARTS) is 1. The number of rotatable bonds is 0. The standard InChI is InChI=1S/C11H11ClN2O3/c1-11(2)8-5(12)3-4-6(13)7(8)9(15)14(11)10(16)17/h3-4H,13H2,1-2H3,(H,16,17). The Morgan fingerprint density at radius 1 is 1.47 bits per heavy atom. The molecule has 0 aromatic heterocycles. The number of nitrogens with zero attached hydrogens (tertiary/aromatic N) is 1. The van der Waals surface area contributed by atoms with Crippen LogP contribution in [-0.2, 0) is 5.54 Å². The fraction of sp³-hybridized carbons (Fsp3) is 0.273. The molecule has 3 N–H and O–H groups in total. The number of nitrogens with two attached hydrogens (primary N) is 1. The minimum Gasteiger partial charge on any atom is -0.465 e. The lowest BCUT2D eigenvalue weighted by molar-refractivity contribution is 0.0611. The first-order valence-corrected chi connectivity index (χ1v) is 5.32. The number of fused-ring (bicyclic) bond motifs is 1. The average molecular weight is 255 g/mol. The Bertz CT molecular complexity index is 540. The normalized spacial score (nSPS) is 17.1. The van der Waals surface area contributed by atoms with Gasteiger partial charge in [0, 0.05) is 16.3 Å². The molecule has 1 aromatic rings. The van der Waals surface area contributed by atoms with Crippen molar-refractivity contribution in [1.29, 1.82) is 0 Å². The third-order valence-electron chi connectivity index (χ3n) is 2.97. The molecule has 2 amide bonds. The molecule has 0 atom stereocenters. The van der Waals surface area contributed by atoms with Crippen molar-refractivity contribution in [3.63, 3.8) is 0 Å². The number of carbonyl (C=O) groups excluding carboxylic acids is 1. The molecule has 90 valence electrons. The van der Waals surface area contributed by atoms with E-state index < -0.39 is 17.5 Å². The van der Waals surface area contributed by atoms with E-state index in [1.54, 1.807) is 19.9 Å². The van der Waals surface area contributed by atoms with Gasteiger partial charge in [0.2, 0.25) is 0 Å². The van der Waals surface area contributed by atoms with Crippen molar-refractivity contribution in [2.24, 2.45) is 0 Å². The first-order chi connectivity index (χ1) is 7.78. The first kappa shape index (κ1) is 11.7. The van der Waals surface area contributed by atoms with Crippen LogP contribution < -0.4 is 5.73 Å². The van der Waals surface area contributed by atoms with Crippen LogP contribution in [0, 0.1) is 0 Å². The number of nitrogen functional groups attached to an aromatic ring is 1. The summed E-state index contributed by atoms with van der Waals surface area (Å²) < 4.78 is 0. The minimum absolute atomic E-state index is 0.185. The zero-order valence-corrected chi connectivity index (χ0v) is 10.1. The lowest BCUT2D eigenvalue weighted by atomic mass is 9.93. The van der Waals surface area contributed by atoms with E-state index in [4.69, 9.17) is 22.4 Å². The summed E-state index contributed by atoms with van der Waals surface area (Å²) in [5.74, 6) is -0.627. The molecule has 0 saturated heterocycles. The van der Waals surface area contributed by atoms with Gasteiger partial charge in [0.05, 0.1) is 11.1 Å². The maximum atomic E-state index is 12.0. The Balaban J connectivity index is 2.79. The van der Waals surface area contributed by atoms with Crippen LogP contribution in [0.15, 0.2) is 12.1 Å². The van der Waals surface area contributed by atoms with E-state index >= 15 is 0 Å². The van der Waals surface area contributed by atoms with Crippen molar-refractivity contribution in [3.05, 3.63) is 28.3 Å². The molecular weight excluding hydrogens is 244 g/mol. The molecule has 0 spiro atoms. The number of imide groups is 1. The summed E-state index contributed by atoms with van der Waals surface area (Å²) in [6.07, 6.45) is -1.31. The van der Waals surface area contributed by atoms with E-state index in [-0.39, 0.29) is 11.3 Å². The van der Waals surface area contributed by atoms with E-state index in [1.165, 1.54) is 6.07 Å². The Kier molecular flexibility index (Phi) is 2.32. The molecule has 0 fully saturated rings. The van der Waals surface area contributed by atoms with Gasteiger partial charge >= 0.3 is 6.09 Å². The molecule has 0 aliphatic carbocycles. The maximum absolute atomic E-state index is 12.0. The van der Waals surface area contributed by atoms with Gasteiger partial charge in [-0.25, -0.2) is 9.69 Å². The number of hydrogen-bond acceptors (Lipinski definition) is 3. The molecule has 0 bridgehead atoms. The predicted octanol–water partition coefficient (Wildman–Crippen LogP) is 2.29. The number of halogens is 1. The van der Waals surface area contributed by atoms with Crippen LogP contribution in [0.1, 0.15) is 29.8 Å². The third-order valence-corrected chi connectivity index (χ3v) is 3.28. The van der Waals surface area contributed by atoms with Gasteiger partial charge in [0.15, 0.2) is 0 Å². The molecule has 1 heterocycles. The van der Waals surface area contributed by atoms with Crippen molar-refractivity contribution in [2.75, 3.05) is 5.73 Å². The molecule has 1 aliphatic heterocycles. The average Bonchev–Trinajstić information content (AvgIpc) is 2.40.